The molecule has 3 rings (SSSR count). The van der Waals surface area contributed by atoms with Gasteiger partial charge in [-0.25, -0.2) is 18.2 Å². The number of nitrogens with one attached hydrogen (secondary N) is 1. The van der Waals surface area contributed by atoms with Crippen LogP contribution < -0.4 is 19.2 Å². The molecule has 10 heteroatoms. The van der Waals surface area contributed by atoms with Gasteiger partial charge >= 0.3 is 0 Å². The Morgan fingerprint density at radius 1 is 1.17 bits per heavy atom. The maximum atomic E-state index is 14.0. The molecule has 1 aliphatic rings. The number of rotatable bonds is 6. The molecule has 1 N–H and O–H groups in total. The minimum absolute atomic E-state index is 0.210. The highest BCUT2D eigenvalue weighted by molar-refractivity contribution is 7.92. The molecule has 0 radical (unpaired) electrons. The van der Waals surface area contributed by atoms with Crippen LogP contribution in [0.3, 0.4) is 0 Å². The van der Waals surface area contributed by atoms with Gasteiger partial charge in [0.25, 0.3) is 5.91 Å². The number of sulfonamides is 1. The lowest BCUT2D eigenvalue weighted by atomic mass is 10.1. The van der Waals surface area contributed by atoms with Gasteiger partial charge in [0.1, 0.15) is 25.6 Å². The second-order valence-electron chi connectivity index (χ2n) is 6.31. The first-order valence-electron chi connectivity index (χ1n) is 8.71. The SMILES string of the molecule is C/C(=N/NC(=O)CN(c1ccccc1F)S(C)(=O)=O)c1ccc2c(c1)OCCO2. The fraction of sp³-hybridized carbons (Fsp3) is 0.263. The van der Waals surface area contributed by atoms with E-state index in [1.54, 1.807) is 25.1 Å². The zero-order chi connectivity index (χ0) is 21.0. The molecule has 0 saturated carbocycles. The Balaban J connectivity index is 1.72. The monoisotopic (exact) mass is 421 g/mol. The highest BCUT2D eigenvalue weighted by Gasteiger charge is 2.23. The highest BCUT2D eigenvalue weighted by atomic mass is 32.2. The summed E-state index contributed by atoms with van der Waals surface area (Å²) in [5.41, 5.74) is 3.27. The second-order valence-corrected chi connectivity index (χ2v) is 8.22. The van der Waals surface area contributed by atoms with Gasteiger partial charge in [-0.1, -0.05) is 12.1 Å². The zero-order valence-corrected chi connectivity index (χ0v) is 16.7. The maximum absolute atomic E-state index is 14.0. The summed E-state index contributed by atoms with van der Waals surface area (Å²) in [5.74, 6) is -0.250. The van der Waals surface area contributed by atoms with E-state index in [-0.39, 0.29) is 5.69 Å². The molecule has 1 amide bonds. The summed E-state index contributed by atoms with van der Waals surface area (Å²) in [6, 6.07) is 10.6. The average Bonchev–Trinajstić information content (AvgIpc) is 2.69. The second kappa shape index (κ2) is 8.48. The third-order valence-corrected chi connectivity index (χ3v) is 5.24. The lowest BCUT2D eigenvalue weighted by Crippen LogP contribution is -2.39. The summed E-state index contributed by atoms with van der Waals surface area (Å²) in [5, 5.41) is 4.00. The standard InChI is InChI=1S/C19H20FN3O5S/c1-13(14-7-8-17-18(11-14)28-10-9-27-17)21-22-19(24)12-23(29(2,25)26)16-6-4-3-5-15(16)20/h3-8,11H,9-10,12H2,1-2H3,(H,22,24)/b21-13-. The maximum Gasteiger partial charge on any atom is 0.260 e. The zero-order valence-electron chi connectivity index (χ0n) is 15.9. The van der Waals surface area contributed by atoms with E-state index in [4.69, 9.17) is 9.47 Å². The van der Waals surface area contributed by atoms with Crippen LogP contribution in [0.5, 0.6) is 11.5 Å². The van der Waals surface area contributed by atoms with Crippen molar-refractivity contribution in [3.8, 4) is 11.5 Å². The summed E-state index contributed by atoms with van der Waals surface area (Å²) in [6.07, 6.45) is 0.899. The number of ether oxygens (including phenoxy) is 2. The Kier molecular flexibility index (Phi) is 6.02. The summed E-state index contributed by atoms with van der Waals surface area (Å²) < 4.78 is 49.7. The van der Waals surface area contributed by atoms with Gasteiger partial charge in [0.2, 0.25) is 10.0 Å². The van der Waals surface area contributed by atoms with Gasteiger partial charge in [0.15, 0.2) is 11.5 Å². The van der Waals surface area contributed by atoms with Gasteiger partial charge in [-0.15, -0.1) is 0 Å². The van der Waals surface area contributed by atoms with Crippen molar-refractivity contribution in [2.24, 2.45) is 5.10 Å². The lowest BCUT2D eigenvalue weighted by Gasteiger charge is -2.21. The fourth-order valence-electron chi connectivity index (χ4n) is 2.68. The quantitative estimate of drug-likeness (QED) is 0.568. The number of para-hydroxylation sites is 1. The van der Waals surface area contributed by atoms with E-state index in [0.717, 1.165) is 12.3 Å². The Hall–Kier alpha value is -3.14. The van der Waals surface area contributed by atoms with E-state index >= 15 is 0 Å². The van der Waals surface area contributed by atoms with Crippen LogP contribution in [0.25, 0.3) is 0 Å². The number of benzene rings is 2. The molecular weight excluding hydrogens is 401 g/mol. The van der Waals surface area contributed by atoms with Crippen LogP contribution >= 0.6 is 0 Å². The van der Waals surface area contributed by atoms with Crippen LogP contribution in [-0.4, -0.2) is 46.1 Å². The topological polar surface area (TPSA) is 97.3 Å². The number of halogens is 1. The van der Waals surface area contributed by atoms with E-state index in [0.29, 0.717) is 40.3 Å². The minimum Gasteiger partial charge on any atom is -0.486 e. The van der Waals surface area contributed by atoms with E-state index in [1.165, 1.54) is 18.2 Å². The summed E-state index contributed by atoms with van der Waals surface area (Å²) in [6.45, 7) is 1.99. The van der Waals surface area contributed by atoms with Crippen LogP contribution in [-0.2, 0) is 14.8 Å². The van der Waals surface area contributed by atoms with Crippen molar-refractivity contribution in [2.45, 2.75) is 6.92 Å². The molecule has 1 heterocycles. The summed E-state index contributed by atoms with van der Waals surface area (Å²) in [4.78, 5) is 12.3. The van der Waals surface area contributed by atoms with Crippen LogP contribution in [0, 0.1) is 5.82 Å². The predicted molar refractivity (Wildman–Crippen MR) is 106 cm³/mol. The largest absolute Gasteiger partial charge is 0.486 e. The molecule has 0 unspecified atom stereocenters. The molecule has 0 aromatic heterocycles. The number of hydrogen-bond acceptors (Lipinski definition) is 6. The van der Waals surface area contributed by atoms with Gasteiger partial charge < -0.3 is 9.47 Å². The molecule has 154 valence electrons. The number of carbonyl (C=O) groups is 1. The Bertz CT molecular complexity index is 1060. The fourth-order valence-corrected chi connectivity index (χ4v) is 3.54. The molecule has 0 atom stereocenters. The Morgan fingerprint density at radius 3 is 2.55 bits per heavy atom. The first-order chi connectivity index (χ1) is 13.8. The van der Waals surface area contributed by atoms with Gasteiger partial charge in [-0.2, -0.15) is 5.10 Å². The first kappa shape index (κ1) is 20.6. The van der Waals surface area contributed by atoms with Gasteiger partial charge in [0.05, 0.1) is 17.7 Å². The van der Waals surface area contributed by atoms with Crippen molar-refractivity contribution < 1.29 is 27.1 Å². The smallest absolute Gasteiger partial charge is 0.260 e. The number of carbonyl (C=O) groups excluding carboxylic acids is 1. The van der Waals surface area contributed by atoms with Crippen molar-refractivity contribution in [1.82, 2.24) is 5.43 Å². The van der Waals surface area contributed by atoms with Crippen molar-refractivity contribution in [1.29, 1.82) is 0 Å². The lowest BCUT2D eigenvalue weighted by molar-refractivity contribution is -0.119. The Morgan fingerprint density at radius 2 is 1.86 bits per heavy atom. The molecule has 1 aliphatic heterocycles. The van der Waals surface area contributed by atoms with E-state index in [2.05, 4.69) is 10.5 Å². The van der Waals surface area contributed by atoms with E-state index in [9.17, 15) is 17.6 Å². The normalized spacial score (nSPS) is 13.7. The average molecular weight is 421 g/mol. The van der Waals surface area contributed by atoms with Crippen molar-refractivity contribution in [2.75, 3.05) is 30.3 Å². The molecule has 29 heavy (non-hydrogen) atoms. The number of fused-ring (bicyclic) bond motifs is 1. The van der Waals surface area contributed by atoms with Gasteiger partial charge in [-0.3, -0.25) is 9.10 Å². The number of amides is 1. The molecular formula is C19H20FN3O5S. The summed E-state index contributed by atoms with van der Waals surface area (Å²) >= 11 is 0. The molecule has 0 bridgehead atoms. The molecule has 2 aromatic rings. The van der Waals surface area contributed by atoms with Crippen LogP contribution in [0.15, 0.2) is 47.6 Å². The highest BCUT2D eigenvalue weighted by Crippen LogP contribution is 2.30. The van der Waals surface area contributed by atoms with Crippen LogP contribution in [0.1, 0.15) is 12.5 Å². The molecule has 0 saturated heterocycles. The van der Waals surface area contributed by atoms with Gasteiger partial charge in [0, 0.05) is 5.56 Å². The number of anilines is 1. The Labute approximate surface area is 168 Å². The minimum atomic E-state index is -3.88. The number of hydrazone groups is 1. The van der Waals surface area contributed by atoms with Crippen molar-refractivity contribution in [3.05, 3.63) is 53.8 Å². The van der Waals surface area contributed by atoms with Crippen LogP contribution in [0.2, 0.25) is 0 Å². The van der Waals surface area contributed by atoms with E-state index < -0.39 is 28.3 Å². The van der Waals surface area contributed by atoms with E-state index in [1.807, 2.05) is 0 Å². The molecule has 8 nitrogen and oxygen atoms in total. The molecule has 0 fully saturated rings. The number of nitrogens with zero attached hydrogens (tertiary/aromatic N) is 2. The molecule has 0 spiro atoms. The summed E-state index contributed by atoms with van der Waals surface area (Å²) in [7, 11) is -3.88. The van der Waals surface area contributed by atoms with Gasteiger partial charge in [-0.05, 0) is 37.3 Å². The predicted octanol–water partition coefficient (Wildman–Crippen LogP) is 1.90. The molecule has 0 aliphatic carbocycles. The third kappa shape index (κ3) is 5.02. The van der Waals surface area contributed by atoms with Crippen molar-refractivity contribution in [3.63, 3.8) is 0 Å². The third-order valence-electron chi connectivity index (χ3n) is 4.12. The number of hydrogen-bond donors (Lipinski definition) is 1. The van der Waals surface area contributed by atoms with Crippen LogP contribution in [0.4, 0.5) is 10.1 Å². The van der Waals surface area contributed by atoms with Crippen molar-refractivity contribution >= 4 is 27.3 Å². The molecule has 2 aromatic carbocycles. The first-order valence-corrected chi connectivity index (χ1v) is 10.6.